The van der Waals surface area contributed by atoms with Gasteiger partial charge in [-0.2, -0.15) is 0 Å². The van der Waals surface area contributed by atoms with Crippen molar-refractivity contribution in [3.8, 4) is 0 Å². The van der Waals surface area contributed by atoms with Crippen LogP contribution in [-0.2, 0) is 0 Å². The fourth-order valence-corrected chi connectivity index (χ4v) is 2.78. The number of likely N-dealkylation sites (N-methyl/N-ethyl adjacent to an activating group) is 1. The van der Waals surface area contributed by atoms with Gasteiger partial charge in [0.05, 0.1) is 17.8 Å². The average molecular weight is 313 g/mol. The molecule has 7 heteroatoms. The number of hydrogen-bond acceptors (Lipinski definition) is 7. The fourth-order valence-electron chi connectivity index (χ4n) is 2.78. The summed E-state index contributed by atoms with van der Waals surface area (Å²) in [6.07, 6.45) is 9.05. The molecule has 2 aliphatic rings. The van der Waals surface area contributed by atoms with Gasteiger partial charge in [-0.25, -0.2) is 9.97 Å². The second-order valence-corrected chi connectivity index (χ2v) is 5.83. The Kier molecular flexibility index (Phi) is 4.97. The molecule has 3 heterocycles. The summed E-state index contributed by atoms with van der Waals surface area (Å²) >= 11 is 0. The van der Waals surface area contributed by atoms with Crippen molar-refractivity contribution >= 4 is 24.1 Å². The van der Waals surface area contributed by atoms with Crippen LogP contribution in [0.3, 0.4) is 0 Å². The minimum Gasteiger partial charge on any atom is -0.364 e. The van der Waals surface area contributed by atoms with E-state index in [1.165, 1.54) is 6.21 Å². The quantitative estimate of drug-likeness (QED) is 0.803. The van der Waals surface area contributed by atoms with E-state index in [4.69, 9.17) is 5.41 Å². The number of aromatic nitrogens is 2. The predicted molar refractivity (Wildman–Crippen MR) is 93.9 cm³/mol. The molecule has 122 valence electrons. The number of piperazine rings is 1. The molecule has 23 heavy (non-hydrogen) atoms. The van der Waals surface area contributed by atoms with E-state index in [2.05, 4.69) is 43.2 Å². The minimum absolute atomic E-state index is 0.622. The van der Waals surface area contributed by atoms with Crippen molar-refractivity contribution in [3.63, 3.8) is 0 Å². The van der Waals surface area contributed by atoms with Crippen molar-refractivity contribution < 1.29 is 0 Å². The van der Waals surface area contributed by atoms with E-state index in [1.807, 2.05) is 6.21 Å². The van der Waals surface area contributed by atoms with Crippen LogP contribution in [0.2, 0.25) is 0 Å². The van der Waals surface area contributed by atoms with Crippen molar-refractivity contribution in [2.45, 2.75) is 12.8 Å². The van der Waals surface area contributed by atoms with E-state index in [0.29, 0.717) is 12.4 Å². The normalized spacial score (nSPS) is 18.7. The van der Waals surface area contributed by atoms with Crippen molar-refractivity contribution in [2.24, 2.45) is 4.99 Å². The van der Waals surface area contributed by atoms with Crippen molar-refractivity contribution in [1.29, 1.82) is 5.41 Å². The molecule has 0 aromatic carbocycles. The molecule has 2 aliphatic heterocycles. The van der Waals surface area contributed by atoms with E-state index in [0.717, 1.165) is 56.1 Å². The van der Waals surface area contributed by atoms with Crippen LogP contribution in [0.25, 0.3) is 0 Å². The first-order valence-corrected chi connectivity index (χ1v) is 8.02. The van der Waals surface area contributed by atoms with Gasteiger partial charge in [0.2, 0.25) is 0 Å². The Balaban J connectivity index is 1.75. The molecule has 1 aromatic heterocycles. The third kappa shape index (κ3) is 3.73. The number of anilines is 2. The summed E-state index contributed by atoms with van der Waals surface area (Å²) < 4.78 is 0. The van der Waals surface area contributed by atoms with Gasteiger partial charge < -0.3 is 20.5 Å². The highest BCUT2D eigenvalue weighted by atomic mass is 15.3. The summed E-state index contributed by atoms with van der Waals surface area (Å²) in [6, 6.07) is 0. The summed E-state index contributed by atoms with van der Waals surface area (Å²) in [5, 5.41) is 11.1. The fraction of sp³-hybridized carbons (Fsp3) is 0.500. The molecule has 0 amide bonds. The van der Waals surface area contributed by atoms with Crippen molar-refractivity contribution in [2.75, 3.05) is 50.0 Å². The lowest BCUT2D eigenvalue weighted by Crippen LogP contribution is -2.45. The maximum absolute atomic E-state index is 7.78. The molecule has 0 saturated carbocycles. The SMILES string of the molecule is CN1CCN(c2ncnc(NCC3=CCCC=N3)c2C=N)CC1. The average Bonchev–Trinajstić information content (AvgIpc) is 2.61. The van der Waals surface area contributed by atoms with Crippen molar-refractivity contribution in [1.82, 2.24) is 14.9 Å². The van der Waals surface area contributed by atoms with Gasteiger partial charge in [0.1, 0.15) is 18.0 Å². The maximum atomic E-state index is 7.78. The largest absolute Gasteiger partial charge is 0.364 e. The number of nitrogens with zero attached hydrogens (tertiary/aromatic N) is 5. The standard InChI is InChI=1S/C16H23N7/c1-22-6-8-23(9-7-22)16-14(10-17)15(20-12-21-16)19-11-13-4-2-3-5-18-13/h4-5,10,12,17H,2-3,6-9,11H2,1H3,(H,19,20,21). The van der Waals surface area contributed by atoms with Crippen LogP contribution in [0.5, 0.6) is 0 Å². The van der Waals surface area contributed by atoms with Gasteiger partial charge in [-0.05, 0) is 19.9 Å². The van der Waals surface area contributed by atoms with Crippen molar-refractivity contribution in [3.05, 3.63) is 23.7 Å². The Bertz CT molecular complexity index is 615. The topological polar surface area (TPSA) is 80.5 Å². The first-order valence-electron chi connectivity index (χ1n) is 8.02. The molecule has 0 spiro atoms. The van der Waals surface area contributed by atoms with Crippen LogP contribution in [-0.4, -0.2) is 67.1 Å². The predicted octanol–water partition coefficient (Wildman–Crippen LogP) is 1.39. The van der Waals surface area contributed by atoms with Gasteiger partial charge in [0.15, 0.2) is 0 Å². The zero-order chi connectivity index (χ0) is 16.1. The monoisotopic (exact) mass is 313 g/mol. The Morgan fingerprint density at radius 1 is 1.22 bits per heavy atom. The molecule has 0 unspecified atom stereocenters. The number of hydrogen-bond donors (Lipinski definition) is 2. The Labute approximate surface area is 136 Å². The molecule has 0 atom stereocenters. The highest BCUT2D eigenvalue weighted by molar-refractivity contribution is 5.91. The van der Waals surface area contributed by atoms with Crippen LogP contribution in [0.15, 0.2) is 23.1 Å². The lowest BCUT2D eigenvalue weighted by Gasteiger charge is -2.34. The highest BCUT2D eigenvalue weighted by Crippen LogP contribution is 2.23. The molecule has 0 aliphatic carbocycles. The zero-order valence-electron chi connectivity index (χ0n) is 13.5. The molecule has 1 aromatic rings. The van der Waals surface area contributed by atoms with Gasteiger partial charge in [0, 0.05) is 38.6 Å². The second kappa shape index (κ2) is 7.32. The molecular weight excluding hydrogens is 290 g/mol. The van der Waals surface area contributed by atoms with Crippen LogP contribution < -0.4 is 10.2 Å². The second-order valence-electron chi connectivity index (χ2n) is 5.83. The van der Waals surface area contributed by atoms with E-state index in [1.54, 1.807) is 6.33 Å². The third-order valence-electron chi connectivity index (χ3n) is 4.18. The maximum Gasteiger partial charge on any atom is 0.143 e. The van der Waals surface area contributed by atoms with E-state index >= 15 is 0 Å². The summed E-state index contributed by atoms with van der Waals surface area (Å²) in [4.78, 5) is 17.6. The smallest absolute Gasteiger partial charge is 0.143 e. The van der Waals surface area contributed by atoms with Gasteiger partial charge in [0.25, 0.3) is 0 Å². The van der Waals surface area contributed by atoms with Gasteiger partial charge in [-0.1, -0.05) is 6.08 Å². The minimum atomic E-state index is 0.622. The lowest BCUT2D eigenvalue weighted by atomic mass is 10.2. The number of allylic oxidation sites excluding steroid dienone is 1. The van der Waals surface area contributed by atoms with Crippen LogP contribution >= 0.6 is 0 Å². The first-order chi connectivity index (χ1) is 11.3. The molecule has 0 radical (unpaired) electrons. The van der Waals surface area contributed by atoms with Gasteiger partial charge >= 0.3 is 0 Å². The Hall–Kier alpha value is -2.28. The molecule has 0 bridgehead atoms. The Morgan fingerprint density at radius 3 is 2.74 bits per heavy atom. The van der Waals surface area contributed by atoms with Crippen LogP contribution in [0.1, 0.15) is 18.4 Å². The third-order valence-corrected chi connectivity index (χ3v) is 4.18. The van der Waals surface area contributed by atoms with Crippen LogP contribution in [0.4, 0.5) is 11.6 Å². The molecular formula is C16H23N7. The number of rotatable bonds is 5. The molecule has 1 fully saturated rings. The van der Waals surface area contributed by atoms with Crippen LogP contribution in [0, 0.1) is 5.41 Å². The Morgan fingerprint density at radius 2 is 2.04 bits per heavy atom. The summed E-state index contributed by atoms with van der Waals surface area (Å²) in [5.41, 5.74) is 1.77. The number of nitrogens with one attached hydrogen (secondary N) is 2. The summed E-state index contributed by atoms with van der Waals surface area (Å²) in [6.45, 7) is 4.47. The summed E-state index contributed by atoms with van der Waals surface area (Å²) in [7, 11) is 2.13. The molecule has 2 N–H and O–H groups in total. The van der Waals surface area contributed by atoms with E-state index < -0.39 is 0 Å². The molecule has 3 rings (SSSR count). The van der Waals surface area contributed by atoms with Gasteiger partial charge in [-0.15, -0.1) is 0 Å². The summed E-state index contributed by atoms with van der Waals surface area (Å²) in [5.74, 6) is 1.54. The van der Waals surface area contributed by atoms with E-state index in [-0.39, 0.29) is 0 Å². The molecule has 7 nitrogen and oxygen atoms in total. The highest BCUT2D eigenvalue weighted by Gasteiger charge is 2.20. The zero-order valence-corrected chi connectivity index (χ0v) is 13.5. The number of aliphatic imine (C=N–C) groups is 1. The van der Waals surface area contributed by atoms with Gasteiger partial charge in [-0.3, -0.25) is 4.99 Å². The molecule has 1 saturated heterocycles. The lowest BCUT2D eigenvalue weighted by molar-refractivity contribution is 0.312. The van der Waals surface area contributed by atoms with E-state index in [9.17, 15) is 0 Å². The first kappa shape index (κ1) is 15.6.